The van der Waals surface area contributed by atoms with Gasteiger partial charge >= 0.3 is 0 Å². The third-order valence-corrected chi connectivity index (χ3v) is 6.44. The van der Waals surface area contributed by atoms with Crippen molar-refractivity contribution in [3.8, 4) is 5.69 Å². The molecular weight excluding hydrogens is 452 g/mol. The fourth-order valence-corrected chi connectivity index (χ4v) is 4.53. The number of fused-ring (bicyclic) bond motifs is 1. The van der Waals surface area contributed by atoms with Gasteiger partial charge in [0.05, 0.1) is 22.5 Å². The van der Waals surface area contributed by atoms with E-state index in [1.807, 2.05) is 69.3 Å². The lowest BCUT2D eigenvalue weighted by atomic mass is 10.2. The Balaban J connectivity index is 1.46. The highest BCUT2D eigenvalue weighted by Gasteiger charge is 2.25. The molecule has 4 aromatic rings. The number of hydrogen-bond donors (Lipinski definition) is 1. The average molecular weight is 487 g/mol. The van der Waals surface area contributed by atoms with E-state index in [1.54, 1.807) is 4.68 Å². The van der Waals surface area contributed by atoms with Crippen molar-refractivity contribution >= 4 is 16.8 Å². The molecule has 8 nitrogen and oxygen atoms in total. The second-order valence-corrected chi connectivity index (χ2v) is 9.18. The topological polar surface area (TPSA) is 85.1 Å². The smallest absolute Gasteiger partial charge is 0.278 e. The second-order valence-electron chi connectivity index (χ2n) is 9.18. The number of aryl methyl sites for hydroxylation is 2. The molecule has 2 aromatic heterocycles. The molecule has 0 fully saturated rings. The standard InChI is InChI=1S/C28H34N6O2/c1-5-24(27(35)29-17-12-18-32(4)19-22-13-8-6-9-14-22)34-28(36)25-21(3)33(23-15-10-7-11-16-23)31-26(25)20(2)30-34/h6-11,13-16,24H,5,12,17-19H2,1-4H3,(H,29,35)/t24-/m0/s1. The first-order valence-corrected chi connectivity index (χ1v) is 12.4. The Labute approximate surface area is 211 Å². The Morgan fingerprint density at radius 3 is 2.36 bits per heavy atom. The zero-order valence-electron chi connectivity index (χ0n) is 21.4. The highest BCUT2D eigenvalue weighted by molar-refractivity contribution is 5.84. The number of carbonyl (C=O) groups is 1. The van der Waals surface area contributed by atoms with Gasteiger partial charge in [-0.2, -0.15) is 10.2 Å². The summed E-state index contributed by atoms with van der Waals surface area (Å²) in [6.07, 6.45) is 1.28. The van der Waals surface area contributed by atoms with Gasteiger partial charge in [-0.1, -0.05) is 55.5 Å². The van der Waals surface area contributed by atoms with Crippen LogP contribution in [0.15, 0.2) is 65.5 Å². The molecule has 0 aliphatic rings. The maximum Gasteiger partial charge on any atom is 0.278 e. The van der Waals surface area contributed by atoms with E-state index in [4.69, 9.17) is 0 Å². The molecule has 0 unspecified atom stereocenters. The normalized spacial score (nSPS) is 12.2. The van der Waals surface area contributed by atoms with Crippen LogP contribution in [0.4, 0.5) is 0 Å². The molecule has 0 saturated heterocycles. The van der Waals surface area contributed by atoms with E-state index in [0.29, 0.717) is 29.6 Å². The molecule has 4 rings (SSSR count). The number of rotatable bonds is 10. The van der Waals surface area contributed by atoms with Crippen LogP contribution < -0.4 is 10.9 Å². The van der Waals surface area contributed by atoms with Crippen LogP contribution in [0, 0.1) is 13.8 Å². The minimum Gasteiger partial charge on any atom is -0.354 e. The first kappa shape index (κ1) is 25.3. The number of hydrogen-bond acceptors (Lipinski definition) is 5. The highest BCUT2D eigenvalue weighted by Crippen LogP contribution is 2.21. The van der Waals surface area contributed by atoms with Crippen molar-refractivity contribution in [2.24, 2.45) is 0 Å². The fourth-order valence-electron chi connectivity index (χ4n) is 4.53. The van der Waals surface area contributed by atoms with Crippen LogP contribution in [0.3, 0.4) is 0 Å². The lowest BCUT2D eigenvalue weighted by Gasteiger charge is -2.19. The lowest BCUT2D eigenvalue weighted by molar-refractivity contribution is -0.124. The Morgan fingerprint density at radius 1 is 1.03 bits per heavy atom. The summed E-state index contributed by atoms with van der Waals surface area (Å²) in [5.41, 5.74) is 3.76. The van der Waals surface area contributed by atoms with Crippen LogP contribution in [-0.2, 0) is 11.3 Å². The van der Waals surface area contributed by atoms with Gasteiger partial charge in [0.1, 0.15) is 11.6 Å². The Morgan fingerprint density at radius 2 is 1.69 bits per heavy atom. The van der Waals surface area contributed by atoms with Crippen molar-refractivity contribution in [3.63, 3.8) is 0 Å². The van der Waals surface area contributed by atoms with E-state index >= 15 is 0 Å². The Hall–Kier alpha value is -3.78. The van der Waals surface area contributed by atoms with E-state index < -0.39 is 6.04 Å². The predicted octanol–water partition coefficient (Wildman–Crippen LogP) is 3.79. The Bertz CT molecular complexity index is 1380. The summed E-state index contributed by atoms with van der Waals surface area (Å²) in [6.45, 7) is 7.85. The summed E-state index contributed by atoms with van der Waals surface area (Å²) in [5.74, 6) is -0.190. The van der Waals surface area contributed by atoms with Crippen LogP contribution in [0.2, 0.25) is 0 Å². The molecule has 0 bridgehead atoms. The van der Waals surface area contributed by atoms with E-state index in [-0.39, 0.29) is 11.5 Å². The summed E-state index contributed by atoms with van der Waals surface area (Å²) < 4.78 is 3.09. The monoisotopic (exact) mass is 486 g/mol. The first-order valence-electron chi connectivity index (χ1n) is 12.4. The maximum absolute atomic E-state index is 13.5. The van der Waals surface area contributed by atoms with Gasteiger partial charge in [-0.3, -0.25) is 9.59 Å². The molecule has 36 heavy (non-hydrogen) atoms. The highest BCUT2D eigenvalue weighted by atomic mass is 16.2. The molecule has 0 spiro atoms. The fraction of sp³-hybridized carbons (Fsp3) is 0.357. The summed E-state index contributed by atoms with van der Waals surface area (Å²) >= 11 is 0. The number of carbonyl (C=O) groups excluding carboxylic acids is 1. The zero-order valence-corrected chi connectivity index (χ0v) is 21.4. The van der Waals surface area contributed by atoms with Crippen molar-refractivity contribution < 1.29 is 4.79 Å². The second kappa shape index (κ2) is 11.3. The zero-order chi connectivity index (χ0) is 25.7. The van der Waals surface area contributed by atoms with Gasteiger partial charge in [0.25, 0.3) is 5.56 Å². The maximum atomic E-state index is 13.5. The summed E-state index contributed by atoms with van der Waals surface area (Å²) in [7, 11) is 2.07. The van der Waals surface area contributed by atoms with Gasteiger partial charge in [-0.15, -0.1) is 0 Å². The van der Waals surface area contributed by atoms with Crippen LogP contribution in [0.1, 0.15) is 42.8 Å². The van der Waals surface area contributed by atoms with Gasteiger partial charge in [0.15, 0.2) is 0 Å². The van der Waals surface area contributed by atoms with E-state index in [2.05, 4.69) is 39.6 Å². The molecule has 8 heteroatoms. The molecule has 1 atom stereocenters. The molecule has 0 aliphatic carbocycles. The third kappa shape index (κ3) is 5.39. The molecule has 2 aromatic carbocycles. The molecule has 188 valence electrons. The van der Waals surface area contributed by atoms with E-state index in [0.717, 1.165) is 30.9 Å². The van der Waals surface area contributed by atoms with Gasteiger partial charge in [0.2, 0.25) is 5.91 Å². The van der Waals surface area contributed by atoms with Crippen molar-refractivity contribution in [2.75, 3.05) is 20.1 Å². The van der Waals surface area contributed by atoms with Gasteiger partial charge in [0, 0.05) is 13.1 Å². The number of aromatic nitrogens is 4. The van der Waals surface area contributed by atoms with Gasteiger partial charge in [-0.05, 0) is 58.0 Å². The summed E-state index contributed by atoms with van der Waals surface area (Å²) in [4.78, 5) is 28.8. The largest absolute Gasteiger partial charge is 0.354 e. The number of nitrogens with one attached hydrogen (secondary N) is 1. The van der Waals surface area contributed by atoms with Crippen molar-refractivity contribution in [2.45, 2.75) is 46.2 Å². The molecule has 0 radical (unpaired) electrons. The van der Waals surface area contributed by atoms with Crippen molar-refractivity contribution in [1.82, 2.24) is 29.8 Å². The third-order valence-electron chi connectivity index (χ3n) is 6.44. The molecule has 2 heterocycles. The number of amides is 1. The first-order chi connectivity index (χ1) is 17.4. The quantitative estimate of drug-likeness (QED) is 0.345. The molecule has 1 N–H and O–H groups in total. The number of nitrogens with zero attached hydrogens (tertiary/aromatic N) is 5. The minimum absolute atomic E-state index is 0.190. The number of para-hydroxylation sites is 1. The van der Waals surface area contributed by atoms with Crippen LogP contribution in [0.5, 0.6) is 0 Å². The molecular formula is C28H34N6O2. The SMILES string of the molecule is CC[C@@H](C(=O)NCCCN(C)Cc1ccccc1)n1nc(C)c2nn(-c3ccccc3)c(C)c2c1=O. The summed E-state index contributed by atoms with van der Waals surface area (Å²) in [5, 5.41) is 12.7. The predicted molar refractivity (Wildman–Crippen MR) is 142 cm³/mol. The van der Waals surface area contributed by atoms with Crippen molar-refractivity contribution in [3.05, 3.63) is 88.0 Å². The summed E-state index contributed by atoms with van der Waals surface area (Å²) in [6, 6.07) is 19.3. The molecule has 0 saturated carbocycles. The van der Waals surface area contributed by atoms with Crippen LogP contribution in [0.25, 0.3) is 16.6 Å². The van der Waals surface area contributed by atoms with E-state index in [1.165, 1.54) is 10.2 Å². The van der Waals surface area contributed by atoms with Crippen LogP contribution >= 0.6 is 0 Å². The number of benzene rings is 2. The average Bonchev–Trinajstić information content (AvgIpc) is 3.24. The van der Waals surface area contributed by atoms with Gasteiger partial charge < -0.3 is 10.2 Å². The minimum atomic E-state index is -0.679. The van der Waals surface area contributed by atoms with E-state index in [9.17, 15) is 9.59 Å². The Kier molecular flexibility index (Phi) is 7.95. The lowest BCUT2D eigenvalue weighted by Crippen LogP contribution is -2.39. The van der Waals surface area contributed by atoms with Crippen molar-refractivity contribution in [1.29, 1.82) is 0 Å². The molecule has 1 amide bonds. The van der Waals surface area contributed by atoms with Crippen LogP contribution in [-0.4, -0.2) is 50.5 Å². The molecule has 0 aliphatic heterocycles. The van der Waals surface area contributed by atoms with Gasteiger partial charge in [-0.25, -0.2) is 9.36 Å².